The Morgan fingerprint density at radius 3 is 2.53 bits per heavy atom. The molecule has 0 amide bonds. The van der Waals surface area contributed by atoms with E-state index < -0.39 is 6.72 Å². The second-order valence-electron chi connectivity index (χ2n) is 5.88. The predicted molar refractivity (Wildman–Crippen MR) is 80.8 cm³/mol. The second-order valence-corrected chi connectivity index (χ2v) is 8.77. The average molecular weight is 300 g/mol. The van der Waals surface area contributed by atoms with Gasteiger partial charge in [0.2, 0.25) is 0 Å². The van der Waals surface area contributed by atoms with Crippen LogP contribution in [0.25, 0.3) is 0 Å². The highest BCUT2D eigenvalue weighted by molar-refractivity contribution is 8.07. The fourth-order valence-corrected chi connectivity index (χ4v) is 4.85. The van der Waals surface area contributed by atoms with Crippen LogP contribution in [0.1, 0.15) is 27.7 Å². The molecule has 0 spiro atoms. The summed E-state index contributed by atoms with van der Waals surface area (Å²) in [5.41, 5.74) is -0.0451. The van der Waals surface area contributed by atoms with Gasteiger partial charge in [-0.3, -0.25) is 9.05 Å². The normalized spacial score (nSPS) is 30.3. The van der Waals surface area contributed by atoms with E-state index in [-0.39, 0.29) is 11.5 Å². The van der Waals surface area contributed by atoms with Gasteiger partial charge in [-0.15, -0.1) is 0 Å². The van der Waals surface area contributed by atoms with Crippen LogP contribution < -0.4 is 4.52 Å². The third-order valence-electron chi connectivity index (χ3n) is 3.17. The molecule has 1 saturated heterocycles. The van der Waals surface area contributed by atoms with Gasteiger partial charge in [0, 0.05) is 17.2 Å². The Morgan fingerprint density at radius 2 is 1.95 bits per heavy atom. The molecule has 1 aliphatic heterocycles. The predicted octanol–water partition coefficient (Wildman–Crippen LogP) is 4.39. The summed E-state index contributed by atoms with van der Waals surface area (Å²) in [5.74, 6) is 1.08. The van der Waals surface area contributed by atoms with E-state index in [1.807, 2.05) is 30.3 Å². The van der Waals surface area contributed by atoms with Crippen molar-refractivity contribution in [1.82, 2.24) is 0 Å². The van der Waals surface area contributed by atoms with Crippen LogP contribution >= 0.6 is 6.72 Å². The molecule has 0 aliphatic carbocycles. The lowest BCUT2D eigenvalue weighted by Crippen LogP contribution is -2.43. The van der Waals surface area contributed by atoms with E-state index in [0.717, 1.165) is 0 Å². The molecule has 3 nitrogen and oxygen atoms in total. The van der Waals surface area contributed by atoms with E-state index in [1.165, 1.54) is 0 Å². The van der Waals surface area contributed by atoms with E-state index in [0.29, 0.717) is 18.3 Å². The maximum absolute atomic E-state index is 6.04. The Labute approximate surface area is 120 Å². The Balaban J connectivity index is 2.15. The van der Waals surface area contributed by atoms with Gasteiger partial charge in [0.05, 0.1) is 12.7 Å². The van der Waals surface area contributed by atoms with Crippen molar-refractivity contribution in [1.29, 1.82) is 0 Å². The van der Waals surface area contributed by atoms with Crippen LogP contribution in [0.15, 0.2) is 30.3 Å². The van der Waals surface area contributed by atoms with Gasteiger partial charge in [-0.25, -0.2) is 0 Å². The highest BCUT2D eigenvalue weighted by Gasteiger charge is 2.44. The highest BCUT2D eigenvalue weighted by Crippen LogP contribution is 2.58. The quantitative estimate of drug-likeness (QED) is 0.774. The first-order valence-electron chi connectivity index (χ1n) is 6.50. The van der Waals surface area contributed by atoms with Crippen LogP contribution in [0.2, 0.25) is 0 Å². The summed E-state index contributed by atoms with van der Waals surface area (Å²) in [7, 11) is 0. The van der Waals surface area contributed by atoms with Gasteiger partial charge in [-0.1, -0.05) is 45.9 Å². The van der Waals surface area contributed by atoms with Gasteiger partial charge < -0.3 is 4.52 Å². The molecule has 0 N–H and O–H groups in total. The van der Waals surface area contributed by atoms with Crippen LogP contribution in [0.3, 0.4) is 0 Å². The molecule has 106 valence electrons. The van der Waals surface area contributed by atoms with Crippen molar-refractivity contribution in [2.24, 2.45) is 11.3 Å². The van der Waals surface area contributed by atoms with Crippen LogP contribution in [0, 0.1) is 11.3 Å². The maximum Gasteiger partial charge on any atom is 0.380 e. The fourth-order valence-electron chi connectivity index (χ4n) is 2.32. The van der Waals surface area contributed by atoms with Crippen molar-refractivity contribution in [3.8, 4) is 5.75 Å². The zero-order valence-corrected chi connectivity index (χ0v) is 13.5. The summed E-state index contributed by atoms with van der Waals surface area (Å²) in [5, 5.41) is 0. The van der Waals surface area contributed by atoms with E-state index in [2.05, 4.69) is 27.7 Å². The van der Waals surface area contributed by atoms with Gasteiger partial charge in [0.15, 0.2) is 0 Å². The lowest BCUT2D eigenvalue weighted by Gasteiger charge is -2.44. The molecular formula is C14H21O3PS. The monoisotopic (exact) mass is 300 g/mol. The van der Waals surface area contributed by atoms with Crippen LogP contribution in [-0.4, -0.2) is 12.7 Å². The largest absolute Gasteiger partial charge is 0.424 e. The van der Waals surface area contributed by atoms with E-state index in [1.54, 1.807) is 0 Å². The van der Waals surface area contributed by atoms with Gasteiger partial charge >= 0.3 is 6.72 Å². The molecule has 1 heterocycles. The van der Waals surface area contributed by atoms with E-state index in [9.17, 15) is 0 Å². The number of para-hydroxylation sites is 1. The molecule has 0 unspecified atom stereocenters. The Kier molecular flexibility index (Phi) is 4.36. The van der Waals surface area contributed by atoms with Crippen molar-refractivity contribution in [3.05, 3.63) is 30.3 Å². The van der Waals surface area contributed by atoms with E-state index >= 15 is 0 Å². The lowest BCUT2D eigenvalue weighted by molar-refractivity contribution is -0.0483. The zero-order valence-electron chi connectivity index (χ0n) is 11.8. The van der Waals surface area contributed by atoms with Crippen LogP contribution in [0.5, 0.6) is 5.75 Å². The number of benzene rings is 1. The fraction of sp³-hybridized carbons (Fsp3) is 0.571. The first-order valence-corrected chi connectivity index (χ1v) is 9.06. The second kappa shape index (κ2) is 5.53. The van der Waals surface area contributed by atoms with Gasteiger partial charge in [-0.2, -0.15) is 0 Å². The molecule has 0 radical (unpaired) electrons. The molecule has 1 aromatic rings. The van der Waals surface area contributed by atoms with Crippen LogP contribution in [-0.2, 0) is 20.9 Å². The van der Waals surface area contributed by atoms with Crippen molar-refractivity contribution < 1.29 is 13.6 Å². The standard InChI is InChI=1S/C14H21O3PS/c1-11(2)13-14(3,4)10-15-18(19,17-13)16-12-8-6-5-7-9-12/h5-9,11,13H,10H2,1-4H3/t13-,18-/m1/s1. The summed E-state index contributed by atoms with van der Waals surface area (Å²) in [6, 6.07) is 9.48. The van der Waals surface area contributed by atoms with E-state index in [4.69, 9.17) is 25.4 Å². The number of hydrogen-bond donors (Lipinski definition) is 0. The molecule has 2 atom stereocenters. The first-order chi connectivity index (χ1) is 8.82. The Bertz CT molecular complexity index is 473. The lowest BCUT2D eigenvalue weighted by atomic mass is 9.81. The molecule has 0 bridgehead atoms. The topological polar surface area (TPSA) is 27.7 Å². The molecule has 0 aromatic heterocycles. The van der Waals surface area contributed by atoms with Crippen molar-refractivity contribution in [2.75, 3.05) is 6.61 Å². The molecule has 2 rings (SSSR count). The van der Waals surface area contributed by atoms with Gasteiger partial charge in [0.25, 0.3) is 0 Å². The molecule has 0 saturated carbocycles. The van der Waals surface area contributed by atoms with Crippen molar-refractivity contribution >= 4 is 18.5 Å². The Morgan fingerprint density at radius 1 is 1.32 bits per heavy atom. The molecule has 1 aliphatic rings. The SMILES string of the molecule is CC(C)[C@H]1O[P@](=S)(Oc2ccccc2)OCC1(C)C. The third kappa shape index (κ3) is 3.57. The van der Waals surface area contributed by atoms with Gasteiger partial charge in [0.1, 0.15) is 5.75 Å². The molecule has 19 heavy (non-hydrogen) atoms. The summed E-state index contributed by atoms with van der Waals surface area (Å²) < 4.78 is 17.6. The molecule has 5 heteroatoms. The number of rotatable bonds is 3. The van der Waals surface area contributed by atoms with Crippen molar-refractivity contribution in [2.45, 2.75) is 33.8 Å². The molecular weight excluding hydrogens is 279 g/mol. The summed E-state index contributed by atoms with van der Waals surface area (Å²) in [4.78, 5) is 0. The Hall–Kier alpha value is -0.410. The minimum atomic E-state index is -2.69. The summed E-state index contributed by atoms with van der Waals surface area (Å²) in [6.45, 7) is 6.43. The zero-order chi connectivity index (χ0) is 14.1. The van der Waals surface area contributed by atoms with Crippen LogP contribution in [0.4, 0.5) is 0 Å². The maximum atomic E-state index is 6.04. The third-order valence-corrected chi connectivity index (χ3v) is 5.34. The average Bonchev–Trinajstić information content (AvgIpc) is 2.34. The first kappa shape index (κ1) is 15.0. The summed E-state index contributed by atoms with van der Waals surface area (Å²) >= 11 is 5.48. The molecule has 1 aromatic carbocycles. The smallest absolute Gasteiger partial charge is 0.380 e. The summed E-state index contributed by atoms with van der Waals surface area (Å²) in [6.07, 6.45) is 0.0517. The van der Waals surface area contributed by atoms with Crippen molar-refractivity contribution in [3.63, 3.8) is 0 Å². The molecule has 1 fully saturated rings. The minimum Gasteiger partial charge on any atom is -0.424 e. The minimum absolute atomic E-state index is 0.0451. The van der Waals surface area contributed by atoms with Gasteiger partial charge in [-0.05, 0) is 18.1 Å². The number of hydrogen-bond acceptors (Lipinski definition) is 4. The highest BCUT2D eigenvalue weighted by atomic mass is 32.5.